The molecule has 9 heteroatoms. The van der Waals surface area contributed by atoms with Crippen LogP contribution in [0, 0.1) is 0 Å². The van der Waals surface area contributed by atoms with Gasteiger partial charge in [-0.05, 0) is 42.8 Å². The average molecular weight is 437 g/mol. The number of halogens is 3. The number of imidazole rings is 1. The standard InChI is InChI=1S/C21H22F3N3O2S/c1-4-30(28,29)17-8-9-19(18(11-17)20-12-27(3)13-25-20)26-14(2)15-6-5-7-16(10-15)21(22,23)24/h5-14,26H,4H2,1-3H3. The fraction of sp³-hybridized carbons (Fsp3) is 0.286. The van der Waals surface area contributed by atoms with Crippen LogP contribution in [0.15, 0.2) is 59.9 Å². The van der Waals surface area contributed by atoms with Crippen molar-refractivity contribution in [2.75, 3.05) is 11.1 Å². The number of anilines is 1. The lowest BCUT2D eigenvalue weighted by Gasteiger charge is -2.20. The molecule has 0 saturated carbocycles. The van der Waals surface area contributed by atoms with Crippen molar-refractivity contribution in [3.63, 3.8) is 0 Å². The maximum Gasteiger partial charge on any atom is 0.416 e. The van der Waals surface area contributed by atoms with E-state index in [0.717, 1.165) is 12.1 Å². The summed E-state index contributed by atoms with van der Waals surface area (Å²) in [4.78, 5) is 4.47. The molecule has 1 aromatic heterocycles. The molecule has 0 bridgehead atoms. The first kappa shape index (κ1) is 21.9. The van der Waals surface area contributed by atoms with Crippen molar-refractivity contribution in [3.05, 3.63) is 66.1 Å². The summed E-state index contributed by atoms with van der Waals surface area (Å²) in [6.45, 7) is 3.31. The van der Waals surface area contributed by atoms with E-state index < -0.39 is 27.6 Å². The van der Waals surface area contributed by atoms with Gasteiger partial charge in [-0.2, -0.15) is 13.2 Å². The first-order chi connectivity index (χ1) is 14.0. The van der Waals surface area contributed by atoms with Crippen LogP contribution in [0.4, 0.5) is 18.9 Å². The monoisotopic (exact) mass is 437 g/mol. The number of hydrogen-bond donors (Lipinski definition) is 1. The van der Waals surface area contributed by atoms with Gasteiger partial charge in [-0.15, -0.1) is 0 Å². The van der Waals surface area contributed by atoms with Crippen LogP contribution in [0.3, 0.4) is 0 Å². The van der Waals surface area contributed by atoms with E-state index in [1.807, 2.05) is 0 Å². The molecule has 1 heterocycles. The highest BCUT2D eigenvalue weighted by Crippen LogP contribution is 2.34. The number of hydrogen-bond acceptors (Lipinski definition) is 4. The molecule has 1 unspecified atom stereocenters. The second-order valence-corrected chi connectivity index (χ2v) is 9.30. The first-order valence-electron chi connectivity index (χ1n) is 9.30. The Bertz CT molecular complexity index is 1150. The summed E-state index contributed by atoms with van der Waals surface area (Å²) in [7, 11) is -1.64. The highest BCUT2D eigenvalue weighted by atomic mass is 32.2. The number of rotatable bonds is 6. The van der Waals surface area contributed by atoms with Crippen molar-refractivity contribution >= 4 is 15.5 Å². The second kappa shape index (κ2) is 8.14. The van der Waals surface area contributed by atoms with Gasteiger partial charge >= 0.3 is 6.18 Å². The molecule has 0 aliphatic carbocycles. The van der Waals surface area contributed by atoms with E-state index in [9.17, 15) is 21.6 Å². The zero-order valence-electron chi connectivity index (χ0n) is 16.7. The molecule has 3 rings (SSSR count). The number of nitrogens with zero attached hydrogens (tertiary/aromatic N) is 2. The lowest BCUT2D eigenvalue weighted by molar-refractivity contribution is -0.137. The predicted octanol–water partition coefficient (Wildman–Crippen LogP) is 5.07. The quantitative estimate of drug-likeness (QED) is 0.585. The Kier molecular flexibility index (Phi) is 5.94. The summed E-state index contributed by atoms with van der Waals surface area (Å²) >= 11 is 0. The topological polar surface area (TPSA) is 64.0 Å². The molecule has 1 N–H and O–H groups in total. The van der Waals surface area contributed by atoms with Crippen LogP contribution in [0.2, 0.25) is 0 Å². The number of sulfone groups is 1. The second-order valence-electron chi connectivity index (χ2n) is 7.02. The molecular formula is C21H22F3N3O2S. The fourth-order valence-corrected chi connectivity index (χ4v) is 3.98. The van der Waals surface area contributed by atoms with Crippen molar-refractivity contribution in [2.24, 2.45) is 7.05 Å². The third-order valence-electron chi connectivity index (χ3n) is 4.80. The van der Waals surface area contributed by atoms with Gasteiger partial charge in [0.05, 0.1) is 28.2 Å². The van der Waals surface area contributed by atoms with Gasteiger partial charge in [0.1, 0.15) is 0 Å². The van der Waals surface area contributed by atoms with Crippen LogP contribution < -0.4 is 5.32 Å². The molecule has 0 fully saturated rings. The normalized spacial score (nSPS) is 13.3. The Morgan fingerprint density at radius 2 is 1.90 bits per heavy atom. The van der Waals surface area contributed by atoms with Crippen LogP contribution >= 0.6 is 0 Å². The van der Waals surface area contributed by atoms with Crippen molar-refractivity contribution in [1.82, 2.24) is 9.55 Å². The Labute approximate surface area is 173 Å². The summed E-state index contributed by atoms with van der Waals surface area (Å²) in [5.41, 5.74) is 1.44. The SMILES string of the molecule is CCS(=O)(=O)c1ccc(NC(C)c2cccc(C(F)(F)F)c2)c(-c2cn(C)cn2)c1. The van der Waals surface area contributed by atoms with Gasteiger partial charge in [0.2, 0.25) is 0 Å². The number of aromatic nitrogens is 2. The van der Waals surface area contributed by atoms with E-state index in [-0.39, 0.29) is 10.6 Å². The molecule has 30 heavy (non-hydrogen) atoms. The fourth-order valence-electron chi connectivity index (χ4n) is 3.07. The van der Waals surface area contributed by atoms with Crippen LogP contribution in [0.25, 0.3) is 11.3 Å². The van der Waals surface area contributed by atoms with E-state index in [0.29, 0.717) is 22.5 Å². The molecular weight excluding hydrogens is 415 g/mol. The summed E-state index contributed by atoms with van der Waals surface area (Å²) < 4.78 is 65.5. The maximum atomic E-state index is 13.0. The van der Waals surface area contributed by atoms with Crippen LogP contribution in [0.5, 0.6) is 0 Å². The average Bonchev–Trinajstić information content (AvgIpc) is 3.13. The van der Waals surface area contributed by atoms with Crippen molar-refractivity contribution in [2.45, 2.75) is 31.0 Å². The molecule has 0 saturated heterocycles. The number of alkyl halides is 3. The maximum absolute atomic E-state index is 13.0. The van der Waals surface area contributed by atoms with E-state index in [1.54, 1.807) is 56.2 Å². The number of benzene rings is 2. The first-order valence-corrected chi connectivity index (χ1v) is 11.0. The number of aryl methyl sites for hydroxylation is 1. The van der Waals surface area contributed by atoms with Gasteiger partial charge in [-0.3, -0.25) is 0 Å². The lowest BCUT2D eigenvalue weighted by Crippen LogP contribution is -2.11. The Hall–Kier alpha value is -2.81. The van der Waals surface area contributed by atoms with Gasteiger partial charge < -0.3 is 9.88 Å². The molecule has 0 radical (unpaired) electrons. The molecule has 3 aromatic rings. The highest BCUT2D eigenvalue weighted by molar-refractivity contribution is 7.91. The molecule has 0 aliphatic heterocycles. The summed E-state index contributed by atoms with van der Waals surface area (Å²) in [6, 6.07) is 9.32. The molecule has 160 valence electrons. The minimum atomic E-state index is -4.43. The summed E-state index contributed by atoms with van der Waals surface area (Å²) in [5, 5.41) is 3.20. The van der Waals surface area contributed by atoms with Crippen molar-refractivity contribution < 1.29 is 21.6 Å². The largest absolute Gasteiger partial charge is 0.416 e. The van der Waals surface area contributed by atoms with Crippen molar-refractivity contribution in [1.29, 1.82) is 0 Å². The van der Waals surface area contributed by atoms with E-state index in [1.165, 1.54) is 12.1 Å². The molecule has 0 spiro atoms. The predicted molar refractivity (Wildman–Crippen MR) is 110 cm³/mol. The smallest absolute Gasteiger partial charge is 0.378 e. The molecule has 0 amide bonds. The molecule has 5 nitrogen and oxygen atoms in total. The summed E-state index contributed by atoms with van der Waals surface area (Å²) in [6.07, 6.45) is -1.08. The third-order valence-corrected chi connectivity index (χ3v) is 6.53. The Morgan fingerprint density at radius 3 is 2.50 bits per heavy atom. The van der Waals surface area contributed by atoms with Gasteiger partial charge in [0, 0.05) is 30.5 Å². The molecule has 2 aromatic carbocycles. The zero-order valence-corrected chi connectivity index (χ0v) is 17.6. The molecule has 0 aliphatic rings. The van der Waals surface area contributed by atoms with Crippen LogP contribution in [-0.2, 0) is 23.1 Å². The Balaban J connectivity index is 2.01. The summed E-state index contributed by atoms with van der Waals surface area (Å²) in [5.74, 6) is -0.0396. The van der Waals surface area contributed by atoms with Gasteiger partial charge in [-0.25, -0.2) is 13.4 Å². The Morgan fingerprint density at radius 1 is 1.17 bits per heavy atom. The van der Waals surface area contributed by atoms with Crippen molar-refractivity contribution in [3.8, 4) is 11.3 Å². The van der Waals surface area contributed by atoms with Crippen LogP contribution in [-0.4, -0.2) is 23.7 Å². The third kappa shape index (κ3) is 4.67. The van der Waals surface area contributed by atoms with E-state index >= 15 is 0 Å². The van der Waals surface area contributed by atoms with Gasteiger partial charge in [-0.1, -0.05) is 19.1 Å². The minimum Gasteiger partial charge on any atom is -0.378 e. The minimum absolute atomic E-state index is 0.0396. The van der Waals surface area contributed by atoms with E-state index in [4.69, 9.17) is 0 Å². The van der Waals surface area contributed by atoms with Gasteiger partial charge in [0.25, 0.3) is 0 Å². The van der Waals surface area contributed by atoms with Gasteiger partial charge in [0.15, 0.2) is 9.84 Å². The molecule has 1 atom stereocenters. The number of nitrogens with one attached hydrogen (secondary N) is 1. The highest BCUT2D eigenvalue weighted by Gasteiger charge is 2.30. The zero-order chi connectivity index (χ0) is 22.1. The van der Waals surface area contributed by atoms with E-state index in [2.05, 4.69) is 10.3 Å². The van der Waals surface area contributed by atoms with Crippen LogP contribution in [0.1, 0.15) is 31.0 Å². The lowest BCUT2D eigenvalue weighted by atomic mass is 10.0.